The molecule has 0 aromatic carbocycles. The van der Waals surface area contributed by atoms with Gasteiger partial charge in [-0.1, -0.05) is 65.2 Å². The molecule has 1 radical (unpaired) electrons. The smallest absolute Gasteiger partial charge is 0.0386 e. The molecule has 1 aliphatic carbocycles. The van der Waals surface area contributed by atoms with Crippen LogP contribution in [0.1, 0.15) is 58.3 Å². The maximum Gasteiger partial charge on any atom is -0.0386 e. The fourth-order valence-corrected chi connectivity index (χ4v) is 2.59. The van der Waals surface area contributed by atoms with Gasteiger partial charge in [0.2, 0.25) is 0 Å². The van der Waals surface area contributed by atoms with Crippen molar-refractivity contribution in [3.05, 3.63) is 6.92 Å². The second-order valence-electron chi connectivity index (χ2n) is 4.24. The van der Waals surface area contributed by atoms with Crippen LogP contribution < -0.4 is 0 Å². The first-order valence-corrected chi connectivity index (χ1v) is 5.67. The predicted octanol–water partition coefficient (Wildman–Crippen LogP) is 4.21. The Morgan fingerprint density at radius 3 is 2.42 bits per heavy atom. The van der Waals surface area contributed by atoms with E-state index >= 15 is 0 Å². The molecule has 1 fully saturated rings. The summed E-state index contributed by atoms with van der Waals surface area (Å²) in [5, 5.41) is 0. The summed E-state index contributed by atoms with van der Waals surface area (Å²) in [7, 11) is 0. The third-order valence-electron chi connectivity index (χ3n) is 3.35. The molecule has 0 N–H and O–H groups in total. The molecular formula is C12H23. The fraction of sp³-hybridized carbons (Fsp3) is 0.917. The Hall–Kier alpha value is 0. The normalized spacial score (nSPS) is 22.5. The van der Waals surface area contributed by atoms with Crippen molar-refractivity contribution in [1.29, 1.82) is 0 Å². The Morgan fingerprint density at radius 2 is 1.92 bits per heavy atom. The maximum absolute atomic E-state index is 4.08. The summed E-state index contributed by atoms with van der Waals surface area (Å²) in [6, 6.07) is 0. The highest BCUT2D eigenvalue weighted by Crippen LogP contribution is 2.33. The Kier molecular flexibility index (Phi) is 4.72. The zero-order valence-electron chi connectivity index (χ0n) is 8.52. The predicted molar refractivity (Wildman–Crippen MR) is 54.9 cm³/mol. The highest BCUT2D eigenvalue weighted by Gasteiger charge is 2.20. The van der Waals surface area contributed by atoms with E-state index in [9.17, 15) is 0 Å². The molecule has 0 amide bonds. The molecule has 1 saturated carbocycles. The Balaban J connectivity index is 2.29. The van der Waals surface area contributed by atoms with Gasteiger partial charge in [0.15, 0.2) is 0 Å². The van der Waals surface area contributed by atoms with E-state index in [0.717, 1.165) is 11.8 Å². The van der Waals surface area contributed by atoms with Crippen LogP contribution in [0.15, 0.2) is 0 Å². The van der Waals surface area contributed by atoms with Gasteiger partial charge in [0.05, 0.1) is 0 Å². The van der Waals surface area contributed by atoms with Crippen molar-refractivity contribution in [1.82, 2.24) is 0 Å². The molecule has 0 nitrogen and oxygen atoms in total. The van der Waals surface area contributed by atoms with Crippen molar-refractivity contribution in [2.45, 2.75) is 58.3 Å². The lowest BCUT2D eigenvalue weighted by atomic mass is 9.77. The SMILES string of the molecule is [CH2]CC(CCC)C1CCCCC1. The second kappa shape index (κ2) is 5.61. The fourth-order valence-electron chi connectivity index (χ4n) is 2.59. The van der Waals surface area contributed by atoms with Crippen LogP contribution in [0.25, 0.3) is 0 Å². The van der Waals surface area contributed by atoms with Gasteiger partial charge in [-0.15, -0.1) is 0 Å². The van der Waals surface area contributed by atoms with Crippen LogP contribution in [0.4, 0.5) is 0 Å². The average molecular weight is 167 g/mol. The summed E-state index contributed by atoms with van der Waals surface area (Å²) in [6.07, 6.45) is 11.3. The lowest BCUT2D eigenvalue weighted by molar-refractivity contribution is 0.235. The van der Waals surface area contributed by atoms with Crippen molar-refractivity contribution in [3.8, 4) is 0 Å². The van der Waals surface area contributed by atoms with Gasteiger partial charge in [-0.3, -0.25) is 0 Å². The quantitative estimate of drug-likeness (QED) is 0.588. The van der Waals surface area contributed by atoms with Crippen LogP contribution in [0.3, 0.4) is 0 Å². The van der Waals surface area contributed by atoms with Crippen molar-refractivity contribution in [2.75, 3.05) is 0 Å². The van der Waals surface area contributed by atoms with Gasteiger partial charge in [0.1, 0.15) is 0 Å². The Labute approximate surface area is 77.7 Å². The van der Waals surface area contributed by atoms with Crippen LogP contribution in [0.2, 0.25) is 0 Å². The van der Waals surface area contributed by atoms with Gasteiger partial charge in [0, 0.05) is 0 Å². The molecule has 0 heteroatoms. The molecular weight excluding hydrogens is 144 g/mol. The van der Waals surface area contributed by atoms with Crippen LogP contribution >= 0.6 is 0 Å². The molecule has 0 heterocycles. The van der Waals surface area contributed by atoms with Gasteiger partial charge < -0.3 is 0 Å². The molecule has 1 atom stereocenters. The van der Waals surface area contributed by atoms with E-state index in [1.54, 1.807) is 0 Å². The van der Waals surface area contributed by atoms with E-state index in [2.05, 4.69) is 13.8 Å². The maximum atomic E-state index is 4.08. The summed E-state index contributed by atoms with van der Waals surface area (Å²) in [5.41, 5.74) is 0. The van der Waals surface area contributed by atoms with Gasteiger partial charge in [-0.25, -0.2) is 0 Å². The molecule has 71 valence electrons. The molecule has 1 aliphatic rings. The van der Waals surface area contributed by atoms with Crippen molar-refractivity contribution >= 4 is 0 Å². The lowest BCUT2D eigenvalue weighted by Gasteiger charge is -2.29. The van der Waals surface area contributed by atoms with Crippen molar-refractivity contribution < 1.29 is 0 Å². The van der Waals surface area contributed by atoms with E-state index in [-0.39, 0.29) is 0 Å². The van der Waals surface area contributed by atoms with Gasteiger partial charge in [-0.05, 0) is 11.8 Å². The monoisotopic (exact) mass is 167 g/mol. The minimum Gasteiger partial charge on any atom is -0.0654 e. The van der Waals surface area contributed by atoms with Gasteiger partial charge in [0.25, 0.3) is 0 Å². The molecule has 0 saturated heterocycles. The van der Waals surface area contributed by atoms with E-state index in [1.807, 2.05) is 0 Å². The molecule has 0 aliphatic heterocycles. The lowest BCUT2D eigenvalue weighted by Crippen LogP contribution is -2.17. The Morgan fingerprint density at radius 1 is 1.25 bits per heavy atom. The van der Waals surface area contributed by atoms with E-state index in [4.69, 9.17) is 0 Å². The van der Waals surface area contributed by atoms with E-state index in [0.29, 0.717) is 0 Å². The zero-order valence-corrected chi connectivity index (χ0v) is 8.52. The zero-order chi connectivity index (χ0) is 8.81. The number of rotatable bonds is 4. The number of hydrogen-bond donors (Lipinski definition) is 0. The summed E-state index contributed by atoms with van der Waals surface area (Å²) in [5.74, 6) is 1.96. The summed E-state index contributed by atoms with van der Waals surface area (Å²) >= 11 is 0. The molecule has 0 bridgehead atoms. The van der Waals surface area contributed by atoms with Crippen LogP contribution in [0, 0.1) is 18.8 Å². The van der Waals surface area contributed by atoms with Crippen LogP contribution in [0.5, 0.6) is 0 Å². The minimum absolute atomic E-state index is 0.940. The second-order valence-corrected chi connectivity index (χ2v) is 4.24. The third-order valence-corrected chi connectivity index (χ3v) is 3.35. The topological polar surface area (TPSA) is 0 Å². The number of hydrogen-bond acceptors (Lipinski definition) is 0. The Bertz CT molecular complexity index is 97.9. The molecule has 1 rings (SSSR count). The third kappa shape index (κ3) is 2.80. The summed E-state index contributed by atoms with van der Waals surface area (Å²) in [6.45, 7) is 6.38. The molecule has 12 heavy (non-hydrogen) atoms. The molecule has 0 spiro atoms. The van der Waals surface area contributed by atoms with Crippen LogP contribution in [-0.2, 0) is 0 Å². The average Bonchev–Trinajstić information content (AvgIpc) is 2.15. The molecule has 0 aromatic heterocycles. The molecule has 0 aromatic rings. The van der Waals surface area contributed by atoms with Crippen molar-refractivity contribution in [3.63, 3.8) is 0 Å². The first kappa shape index (κ1) is 10.1. The van der Waals surface area contributed by atoms with E-state index in [1.165, 1.54) is 51.4 Å². The van der Waals surface area contributed by atoms with Crippen LogP contribution in [-0.4, -0.2) is 0 Å². The first-order valence-electron chi connectivity index (χ1n) is 5.67. The standard InChI is InChI=1S/C12H23/c1-3-8-11(4-2)12-9-6-5-7-10-12/h11-12H,2-10H2,1H3. The highest BCUT2D eigenvalue weighted by molar-refractivity contribution is 4.74. The summed E-state index contributed by atoms with van der Waals surface area (Å²) < 4.78 is 0. The summed E-state index contributed by atoms with van der Waals surface area (Å²) in [4.78, 5) is 0. The molecule has 1 unspecified atom stereocenters. The minimum atomic E-state index is 0.940. The van der Waals surface area contributed by atoms with E-state index < -0.39 is 0 Å². The first-order chi connectivity index (χ1) is 5.88. The largest absolute Gasteiger partial charge is 0.0654 e. The van der Waals surface area contributed by atoms with Gasteiger partial charge in [-0.2, -0.15) is 0 Å². The highest BCUT2D eigenvalue weighted by atomic mass is 14.3. The van der Waals surface area contributed by atoms with Crippen molar-refractivity contribution in [2.24, 2.45) is 11.8 Å². The van der Waals surface area contributed by atoms with Gasteiger partial charge >= 0.3 is 0 Å².